The van der Waals surface area contributed by atoms with Crippen LogP contribution in [0.3, 0.4) is 0 Å². The molecule has 8 nitrogen and oxygen atoms in total. The maximum atomic E-state index is 11.3. The summed E-state index contributed by atoms with van der Waals surface area (Å²) in [5.74, 6) is 1.91. The smallest absolute Gasteiger partial charge is 0.329 e. The van der Waals surface area contributed by atoms with E-state index in [0.29, 0.717) is 36.2 Å². The van der Waals surface area contributed by atoms with Gasteiger partial charge in [0.1, 0.15) is 6.20 Å². The third kappa shape index (κ3) is 5.27. The first kappa shape index (κ1) is 18.8. The summed E-state index contributed by atoms with van der Waals surface area (Å²) in [6.45, 7) is 1.52. The first-order valence-electron chi connectivity index (χ1n) is 9.86. The largest absolute Gasteiger partial charge is 0.364 e. The highest BCUT2D eigenvalue weighted by atomic mass is 16.6. The fourth-order valence-electron chi connectivity index (χ4n) is 3.98. The molecule has 0 amide bonds. The quantitative estimate of drug-likeness (QED) is 0.503. The number of nitrogens with one attached hydrogen (secondary N) is 2. The van der Waals surface area contributed by atoms with Crippen molar-refractivity contribution in [1.29, 1.82) is 0 Å². The summed E-state index contributed by atoms with van der Waals surface area (Å²) >= 11 is 0. The monoisotopic (exact) mass is 362 g/mol. The van der Waals surface area contributed by atoms with Crippen LogP contribution >= 0.6 is 0 Å². The number of hydrogen-bond donors (Lipinski definition) is 3. The minimum absolute atomic E-state index is 0.0688. The molecule has 0 atom stereocenters. The first-order valence-corrected chi connectivity index (χ1v) is 9.86. The molecule has 0 bridgehead atoms. The molecule has 2 fully saturated rings. The predicted octanol–water partition coefficient (Wildman–Crippen LogP) is 3.31. The van der Waals surface area contributed by atoms with Crippen molar-refractivity contribution in [2.24, 2.45) is 17.6 Å². The fraction of sp³-hybridized carbons (Fsp3) is 0.778. The average molecular weight is 362 g/mol. The lowest BCUT2D eigenvalue weighted by molar-refractivity contribution is -0.384. The molecule has 1 aromatic heterocycles. The van der Waals surface area contributed by atoms with Gasteiger partial charge in [0.25, 0.3) is 0 Å². The van der Waals surface area contributed by atoms with Crippen molar-refractivity contribution < 1.29 is 4.92 Å². The lowest BCUT2D eigenvalue weighted by Crippen LogP contribution is -2.29. The lowest BCUT2D eigenvalue weighted by atomic mass is 9.86. The van der Waals surface area contributed by atoms with Gasteiger partial charge in [-0.15, -0.1) is 0 Å². The molecule has 0 aliphatic heterocycles. The first-order chi connectivity index (χ1) is 12.6. The van der Waals surface area contributed by atoms with Crippen molar-refractivity contribution in [3.05, 3.63) is 16.3 Å². The van der Waals surface area contributed by atoms with Crippen LogP contribution in [0.1, 0.15) is 57.8 Å². The maximum Gasteiger partial charge on any atom is 0.329 e. The van der Waals surface area contributed by atoms with Gasteiger partial charge in [0.2, 0.25) is 11.8 Å². The average Bonchev–Trinajstić information content (AvgIpc) is 2.66. The zero-order chi connectivity index (χ0) is 18.4. The summed E-state index contributed by atoms with van der Waals surface area (Å²) in [4.78, 5) is 19.4. The Hall–Kier alpha value is -1.96. The summed E-state index contributed by atoms with van der Waals surface area (Å²) in [7, 11) is 0. The van der Waals surface area contributed by atoms with Crippen LogP contribution in [0.5, 0.6) is 0 Å². The summed E-state index contributed by atoms with van der Waals surface area (Å²) in [6, 6.07) is 0.301. The molecule has 2 saturated carbocycles. The second-order valence-electron chi connectivity index (χ2n) is 7.73. The van der Waals surface area contributed by atoms with Gasteiger partial charge in [-0.05, 0) is 50.4 Å². The third-order valence-corrected chi connectivity index (χ3v) is 5.69. The number of nitro groups is 1. The number of nitrogens with zero attached hydrogens (tertiary/aromatic N) is 3. The van der Waals surface area contributed by atoms with Crippen LogP contribution in [0.2, 0.25) is 0 Å². The summed E-state index contributed by atoms with van der Waals surface area (Å²) in [6.07, 6.45) is 11.8. The molecular formula is C18H30N6O2. The topological polar surface area (TPSA) is 119 Å². The molecule has 0 unspecified atom stereocenters. The fourth-order valence-corrected chi connectivity index (χ4v) is 3.98. The Bertz CT molecular complexity index is 597. The van der Waals surface area contributed by atoms with Crippen LogP contribution < -0.4 is 16.4 Å². The van der Waals surface area contributed by atoms with Gasteiger partial charge in [-0.25, -0.2) is 4.98 Å². The number of anilines is 2. The standard InChI is InChI=1S/C18H30N6O2/c19-15-8-6-14(7-9-15)10-20-17-16(24(25)26)12-22-18(23-17)21-11-13-4-2-1-3-5-13/h12-15H,1-11,19H2,(H2,20,21,22,23). The molecule has 0 aromatic carbocycles. The summed E-state index contributed by atoms with van der Waals surface area (Å²) in [5, 5.41) is 17.7. The Morgan fingerprint density at radius 2 is 1.69 bits per heavy atom. The molecule has 1 heterocycles. The van der Waals surface area contributed by atoms with Crippen LogP contribution in [-0.2, 0) is 0 Å². The van der Waals surface area contributed by atoms with Crippen LogP contribution in [-0.4, -0.2) is 34.0 Å². The minimum Gasteiger partial charge on any atom is -0.364 e. The van der Waals surface area contributed by atoms with Gasteiger partial charge in [0, 0.05) is 19.1 Å². The second kappa shape index (κ2) is 9.12. The van der Waals surface area contributed by atoms with E-state index in [-0.39, 0.29) is 5.69 Å². The SMILES string of the molecule is NC1CCC(CNc2nc(NCC3CCCCC3)ncc2[N+](=O)[O-])CC1. The molecule has 2 aliphatic carbocycles. The van der Waals surface area contributed by atoms with Crippen molar-refractivity contribution >= 4 is 17.5 Å². The van der Waals surface area contributed by atoms with Gasteiger partial charge in [0.05, 0.1) is 4.92 Å². The maximum absolute atomic E-state index is 11.3. The Kier molecular flexibility index (Phi) is 6.60. The van der Waals surface area contributed by atoms with Crippen LogP contribution in [0.15, 0.2) is 6.20 Å². The van der Waals surface area contributed by atoms with Gasteiger partial charge in [-0.2, -0.15) is 4.98 Å². The van der Waals surface area contributed by atoms with E-state index < -0.39 is 4.92 Å². The van der Waals surface area contributed by atoms with Crippen molar-refractivity contribution in [2.75, 3.05) is 23.7 Å². The molecule has 144 valence electrons. The van der Waals surface area contributed by atoms with E-state index in [4.69, 9.17) is 5.73 Å². The highest BCUT2D eigenvalue weighted by Gasteiger charge is 2.22. The van der Waals surface area contributed by atoms with Crippen molar-refractivity contribution in [3.63, 3.8) is 0 Å². The van der Waals surface area contributed by atoms with Gasteiger partial charge in [-0.1, -0.05) is 19.3 Å². The molecular weight excluding hydrogens is 332 g/mol. The Morgan fingerprint density at radius 1 is 1.04 bits per heavy atom. The lowest BCUT2D eigenvalue weighted by Gasteiger charge is -2.26. The van der Waals surface area contributed by atoms with Gasteiger partial charge in [-0.3, -0.25) is 10.1 Å². The summed E-state index contributed by atoms with van der Waals surface area (Å²) in [5.41, 5.74) is 5.88. The van der Waals surface area contributed by atoms with Gasteiger partial charge in [0.15, 0.2) is 0 Å². The number of rotatable bonds is 7. The summed E-state index contributed by atoms with van der Waals surface area (Å²) < 4.78 is 0. The molecule has 2 aliphatic rings. The van der Waals surface area contributed by atoms with Gasteiger partial charge >= 0.3 is 5.69 Å². The zero-order valence-corrected chi connectivity index (χ0v) is 15.3. The van der Waals surface area contributed by atoms with Crippen LogP contribution in [0, 0.1) is 22.0 Å². The van der Waals surface area contributed by atoms with E-state index >= 15 is 0 Å². The van der Waals surface area contributed by atoms with Crippen LogP contribution in [0.4, 0.5) is 17.5 Å². The molecule has 4 N–H and O–H groups in total. The highest BCUT2D eigenvalue weighted by Crippen LogP contribution is 2.27. The van der Waals surface area contributed by atoms with E-state index in [1.807, 2.05) is 0 Å². The number of hydrogen-bond acceptors (Lipinski definition) is 7. The molecule has 26 heavy (non-hydrogen) atoms. The molecule has 8 heteroatoms. The van der Waals surface area contributed by atoms with E-state index in [9.17, 15) is 10.1 Å². The number of aromatic nitrogens is 2. The molecule has 3 rings (SSSR count). The Labute approximate surface area is 154 Å². The highest BCUT2D eigenvalue weighted by molar-refractivity contribution is 5.57. The molecule has 0 radical (unpaired) electrons. The Morgan fingerprint density at radius 3 is 2.38 bits per heavy atom. The second-order valence-corrected chi connectivity index (χ2v) is 7.73. The third-order valence-electron chi connectivity index (χ3n) is 5.69. The van der Waals surface area contributed by atoms with E-state index in [0.717, 1.165) is 32.2 Å². The molecule has 1 aromatic rings. The Balaban J connectivity index is 1.59. The minimum atomic E-state index is -0.427. The van der Waals surface area contributed by atoms with Gasteiger partial charge < -0.3 is 16.4 Å². The van der Waals surface area contributed by atoms with E-state index in [2.05, 4.69) is 20.6 Å². The predicted molar refractivity (Wildman–Crippen MR) is 102 cm³/mol. The zero-order valence-electron chi connectivity index (χ0n) is 15.3. The van der Waals surface area contributed by atoms with Crippen molar-refractivity contribution in [3.8, 4) is 0 Å². The van der Waals surface area contributed by atoms with Crippen molar-refractivity contribution in [2.45, 2.75) is 63.8 Å². The molecule has 0 saturated heterocycles. The molecule has 0 spiro atoms. The van der Waals surface area contributed by atoms with E-state index in [1.165, 1.54) is 38.3 Å². The van der Waals surface area contributed by atoms with E-state index in [1.54, 1.807) is 0 Å². The normalized spacial score (nSPS) is 24.2. The van der Waals surface area contributed by atoms with Crippen molar-refractivity contribution in [1.82, 2.24) is 9.97 Å². The number of nitrogens with two attached hydrogens (primary N) is 1. The van der Waals surface area contributed by atoms with Crippen LogP contribution in [0.25, 0.3) is 0 Å².